The molecule has 0 radical (unpaired) electrons. The zero-order chi connectivity index (χ0) is 25.1. The van der Waals surface area contributed by atoms with Crippen LogP contribution in [0.15, 0.2) is 18.2 Å². The highest BCUT2D eigenvalue weighted by atomic mass is 16.6. The standard InChI is InChI=1S/C27H44N2O6/c1-27-10-6-4-5-7-22(25(27)28)19-21-8-9-23(20-24(21)27)35-26(30)29(2)11-12-32-15-16-34-18-17-33-14-13-31-3/h8-9,20,22,25H,4-7,10-19,28H2,1-3H3/t22-,25-,27+/m0/s1. The summed E-state index contributed by atoms with van der Waals surface area (Å²) in [5, 5.41) is 0. The van der Waals surface area contributed by atoms with Crippen LogP contribution in [0.1, 0.15) is 50.2 Å². The van der Waals surface area contributed by atoms with Gasteiger partial charge >= 0.3 is 6.09 Å². The van der Waals surface area contributed by atoms with E-state index in [1.165, 1.54) is 41.7 Å². The van der Waals surface area contributed by atoms with Gasteiger partial charge in [-0.25, -0.2) is 4.79 Å². The molecular formula is C27H44N2O6. The van der Waals surface area contributed by atoms with Crippen LogP contribution in [0.3, 0.4) is 0 Å². The van der Waals surface area contributed by atoms with Crippen LogP contribution in [0, 0.1) is 5.92 Å². The molecule has 2 bridgehead atoms. The van der Waals surface area contributed by atoms with Crippen molar-refractivity contribution in [2.24, 2.45) is 11.7 Å². The number of nitrogens with two attached hydrogens (primary N) is 1. The Hall–Kier alpha value is -1.71. The van der Waals surface area contributed by atoms with Crippen LogP contribution in [-0.4, -0.2) is 84.0 Å². The maximum atomic E-state index is 12.6. The molecule has 35 heavy (non-hydrogen) atoms. The van der Waals surface area contributed by atoms with E-state index in [0.717, 1.165) is 12.8 Å². The highest BCUT2D eigenvalue weighted by molar-refractivity contribution is 5.70. The highest BCUT2D eigenvalue weighted by Crippen LogP contribution is 2.46. The monoisotopic (exact) mass is 492 g/mol. The van der Waals surface area contributed by atoms with Gasteiger partial charge in [0.25, 0.3) is 0 Å². The third kappa shape index (κ3) is 7.89. The Kier molecular flexibility index (Phi) is 11.3. The number of likely N-dealkylation sites (N-methyl/N-ethyl adjacent to an activating group) is 1. The Labute approximate surface area is 210 Å². The Morgan fingerprint density at radius 2 is 1.71 bits per heavy atom. The van der Waals surface area contributed by atoms with Crippen LogP contribution in [0.25, 0.3) is 0 Å². The quantitative estimate of drug-likeness (QED) is 0.421. The van der Waals surface area contributed by atoms with Gasteiger partial charge in [-0.2, -0.15) is 0 Å². The Balaban J connectivity index is 1.40. The molecule has 198 valence electrons. The largest absolute Gasteiger partial charge is 0.415 e. The number of nitrogens with zero attached hydrogens (tertiary/aromatic N) is 1. The van der Waals surface area contributed by atoms with Gasteiger partial charge in [-0.3, -0.25) is 0 Å². The summed E-state index contributed by atoms with van der Waals surface area (Å²) in [4.78, 5) is 14.2. The third-order valence-electron chi connectivity index (χ3n) is 7.46. The van der Waals surface area contributed by atoms with Crippen molar-refractivity contribution in [3.05, 3.63) is 29.3 Å². The molecule has 0 aromatic heterocycles. The first-order valence-electron chi connectivity index (χ1n) is 13.0. The van der Waals surface area contributed by atoms with Crippen LogP contribution in [0.4, 0.5) is 4.79 Å². The molecule has 1 saturated carbocycles. The minimum atomic E-state index is -0.390. The molecular weight excluding hydrogens is 448 g/mol. The summed E-state index contributed by atoms with van der Waals surface area (Å²) >= 11 is 0. The molecule has 0 saturated heterocycles. The van der Waals surface area contributed by atoms with Gasteiger partial charge in [-0.15, -0.1) is 0 Å². The number of carbonyl (C=O) groups excluding carboxylic acids is 1. The molecule has 1 fully saturated rings. The van der Waals surface area contributed by atoms with E-state index in [2.05, 4.69) is 13.0 Å². The summed E-state index contributed by atoms with van der Waals surface area (Å²) in [6.45, 7) is 6.30. The van der Waals surface area contributed by atoms with E-state index in [1.54, 1.807) is 14.2 Å². The second-order valence-corrected chi connectivity index (χ2v) is 9.95. The number of methoxy groups -OCH3 is 1. The van der Waals surface area contributed by atoms with E-state index in [1.807, 2.05) is 12.1 Å². The van der Waals surface area contributed by atoms with Crippen molar-refractivity contribution >= 4 is 6.09 Å². The lowest BCUT2D eigenvalue weighted by Gasteiger charge is -2.47. The molecule has 1 aromatic rings. The van der Waals surface area contributed by atoms with Crippen LogP contribution in [0.2, 0.25) is 0 Å². The molecule has 3 rings (SSSR count). The van der Waals surface area contributed by atoms with Crippen LogP contribution in [-0.2, 0) is 30.8 Å². The normalized spacial score (nSPS) is 23.8. The summed E-state index contributed by atoms with van der Waals surface area (Å²) in [5.74, 6) is 1.11. The minimum Gasteiger partial charge on any atom is -0.410 e. The summed E-state index contributed by atoms with van der Waals surface area (Å²) in [6, 6.07) is 6.24. The van der Waals surface area contributed by atoms with Gasteiger partial charge in [0.15, 0.2) is 0 Å². The lowest BCUT2D eigenvalue weighted by atomic mass is 9.60. The molecule has 2 aliphatic carbocycles. The highest BCUT2D eigenvalue weighted by Gasteiger charge is 2.43. The summed E-state index contributed by atoms with van der Waals surface area (Å²) in [7, 11) is 3.36. The third-order valence-corrected chi connectivity index (χ3v) is 7.46. The van der Waals surface area contributed by atoms with E-state index < -0.39 is 0 Å². The topological polar surface area (TPSA) is 92.5 Å². The lowest BCUT2D eigenvalue weighted by molar-refractivity contribution is 0.00209. The maximum Gasteiger partial charge on any atom is 0.415 e. The van der Waals surface area contributed by atoms with Gasteiger partial charge in [0, 0.05) is 32.2 Å². The predicted molar refractivity (Wildman–Crippen MR) is 135 cm³/mol. The smallest absolute Gasteiger partial charge is 0.410 e. The number of rotatable bonds is 13. The van der Waals surface area contributed by atoms with Gasteiger partial charge < -0.3 is 34.3 Å². The first-order chi connectivity index (χ1) is 17.0. The lowest BCUT2D eigenvalue weighted by Crippen LogP contribution is -2.52. The molecule has 1 aromatic carbocycles. The van der Waals surface area contributed by atoms with Crippen molar-refractivity contribution in [1.29, 1.82) is 0 Å². The number of hydrogen-bond acceptors (Lipinski definition) is 7. The molecule has 3 atom stereocenters. The average Bonchev–Trinajstić information content (AvgIpc) is 2.85. The van der Waals surface area contributed by atoms with Crippen LogP contribution >= 0.6 is 0 Å². The van der Waals surface area contributed by atoms with Crippen LogP contribution in [0.5, 0.6) is 5.75 Å². The first kappa shape index (κ1) is 27.9. The second-order valence-electron chi connectivity index (χ2n) is 9.95. The molecule has 8 nitrogen and oxygen atoms in total. The fourth-order valence-electron chi connectivity index (χ4n) is 5.25. The molecule has 0 aliphatic heterocycles. The summed E-state index contributed by atoms with van der Waals surface area (Å²) in [5.41, 5.74) is 9.32. The Morgan fingerprint density at radius 3 is 2.43 bits per heavy atom. The molecule has 2 N–H and O–H groups in total. The number of carbonyl (C=O) groups is 1. The second kappa shape index (κ2) is 14.1. The van der Waals surface area contributed by atoms with E-state index in [4.69, 9.17) is 29.4 Å². The zero-order valence-electron chi connectivity index (χ0n) is 21.8. The van der Waals surface area contributed by atoms with Gasteiger partial charge in [-0.1, -0.05) is 32.3 Å². The van der Waals surface area contributed by atoms with Gasteiger partial charge in [0.1, 0.15) is 5.75 Å². The van der Waals surface area contributed by atoms with Gasteiger partial charge in [0.2, 0.25) is 0 Å². The Bertz CT molecular complexity index is 791. The van der Waals surface area contributed by atoms with Crippen molar-refractivity contribution in [3.8, 4) is 5.75 Å². The minimum absolute atomic E-state index is 0.0705. The van der Waals surface area contributed by atoms with Gasteiger partial charge in [0.05, 0.1) is 46.2 Å². The van der Waals surface area contributed by atoms with Crippen molar-refractivity contribution < 1.29 is 28.5 Å². The zero-order valence-corrected chi connectivity index (χ0v) is 21.8. The summed E-state index contributed by atoms with van der Waals surface area (Å²) < 4.78 is 27.0. The first-order valence-corrected chi connectivity index (χ1v) is 13.0. The fraction of sp³-hybridized carbons (Fsp3) is 0.741. The molecule has 0 heterocycles. The van der Waals surface area contributed by atoms with E-state index in [-0.39, 0.29) is 17.6 Å². The molecule has 0 spiro atoms. The van der Waals surface area contributed by atoms with Gasteiger partial charge in [-0.05, 0) is 48.4 Å². The van der Waals surface area contributed by atoms with Crippen molar-refractivity contribution in [2.45, 2.75) is 56.9 Å². The molecule has 2 aliphatic rings. The number of benzene rings is 1. The van der Waals surface area contributed by atoms with E-state index in [0.29, 0.717) is 64.5 Å². The fourth-order valence-corrected chi connectivity index (χ4v) is 5.25. The van der Waals surface area contributed by atoms with Crippen LogP contribution < -0.4 is 10.5 Å². The number of hydrogen-bond donors (Lipinski definition) is 1. The molecule has 8 heteroatoms. The SMILES string of the molecule is COCCOCCOCCOCCN(C)C(=O)Oc1ccc2c(c1)[C@@]1(C)CCCCC[C@@H](C2)[C@@H]1N. The van der Waals surface area contributed by atoms with E-state index in [9.17, 15) is 4.79 Å². The van der Waals surface area contributed by atoms with Crippen molar-refractivity contribution in [3.63, 3.8) is 0 Å². The number of ether oxygens (including phenoxy) is 5. The van der Waals surface area contributed by atoms with Crippen molar-refractivity contribution in [2.75, 3.05) is 67.0 Å². The average molecular weight is 493 g/mol. The number of amides is 1. The maximum absolute atomic E-state index is 12.6. The molecule has 0 unspecified atom stereocenters. The number of fused-ring (bicyclic) bond motifs is 4. The Morgan fingerprint density at radius 1 is 1.03 bits per heavy atom. The van der Waals surface area contributed by atoms with E-state index >= 15 is 0 Å². The summed E-state index contributed by atoms with van der Waals surface area (Å²) in [6.07, 6.45) is 6.64. The molecule has 1 amide bonds. The predicted octanol–water partition coefficient (Wildman–Crippen LogP) is 3.53. The van der Waals surface area contributed by atoms with Crippen molar-refractivity contribution in [1.82, 2.24) is 4.90 Å².